The number of nitro groups is 1. The van der Waals surface area contributed by atoms with Crippen LogP contribution in [0.2, 0.25) is 5.02 Å². The third-order valence-corrected chi connectivity index (χ3v) is 3.58. The molecule has 0 unspecified atom stereocenters. The minimum absolute atomic E-state index is 0.0638. The predicted molar refractivity (Wildman–Crippen MR) is 83.1 cm³/mol. The SMILES string of the molecule is Cc1nn([C@H](C)C(=O)Nc2ccc(Cl)cc2)c(C)c1[N+](=O)[O-]. The highest BCUT2D eigenvalue weighted by Crippen LogP contribution is 2.25. The van der Waals surface area contributed by atoms with Crippen LogP contribution < -0.4 is 5.32 Å². The molecule has 0 aliphatic heterocycles. The molecular weight excluding hydrogens is 308 g/mol. The van der Waals surface area contributed by atoms with Crippen molar-refractivity contribution in [2.75, 3.05) is 5.32 Å². The highest BCUT2D eigenvalue weighted by Gasteiger charge is 2.27. The van der Waals surface area contributed by atoms with Crippen LogP contribution in [0, 0.1) is 24.0 Å². The van der Waals surface area contributed by atoms with Gasteiger partial charge in [-0.25, -0.2) is 0 Å². The number of amides is 1. The summed E-state index contributed by atoms with van der Waals surface area (Å²) in [5.74, 6) is -0.317. The number of nitrogens with zero attached hydrogens (tertiary/aromatic N) is 3. The summed E-state index contributed by atoms with van der Waals surface area (Å²) in [4.78, 5) is 22.8. The average Bonchev–Trinajstić information content (AvgIpc) is 2.75. The molecule has 1 N–H and O–H groups in total. The molecule has 116 valence electrons. The van der Waals surface area contributed by atoms with Gasteiger partial charge in [0.25, 0.3) is 0 Å². The molecule has 0 aliphatic carbocycles. The van der Waals surface area contributed by atoms with Gasteiger partial charge in [-0.05, 0) is 45.0 Å². The van der Waals surface area contributed by atoms with Gasteiger partial charge in [0.2, 0.25) is 5.91 Å². The van der Waals surface area contributed by atoms with Crippen LogP contribution in [0.1, 0.15) is 24.4 Å². The van der Waals surface area contributed by atoms with Crippen molar-refractivity contribution in [3.63, 3.8) is 0 Å². The van der Waals surface area contributed by atoms with Gasteiger partial charge in [0.1, 0.15) is 17.4 Å². The zero-order chi connectivity index (χ0) is 16.4. The molecule has 1 aromatic heterocycles. The zero-order valence-corrected chi connectivity index (χ0v) is 13.1. The second-order valence-electron chi connectivity index (χ2n) is 4.89. The van der Waals surface area contributed by atoms with Crippen molar-refractivity contribution in [3.8, 4) is 0 Å². The number of anilines is 1. The number of hydrogen-bond donors (Lipinski definition) is 1. The maximum atomic E-state index is 12.3. The molecule has 0 radical (unpaired) electrons. The summed E-state index contributed by atoms with van der Waals surface area (Å²) >= 11 is 5.79. The van der Waals surface area contributed by atoms with Crippen LogP contribution >= 0.6 is 11.6 Å². The minimum atomic E-state index is -0.678. The lowest BCUT2D eigenvalue weighted by molar-refractivity contribution is -0.386. The third kappa shape index (κ3) is 3.09. The van der Waals surface area contributed by atoms with E-state index >= 15 is 0 Å². The molecule has 1 heterocycles. The van der Waals surface area contributed by atoms with Crippen molar-refractivity contribution in [3.05, 3.63) is 50.8 Å². The molecule has 8 heteroatoms. The van der Waals surface area contributed by atoms with Gasteiger partial charge in [0, 0.05) is 10.7 Å². The number of nitrogens with one attached hydrogen (secondary N) is 1. The van der Waals surface area contributed by atoms with E-state index in [1.54, 1.807) is 45.0 Å². The van der Waals surface area contributed by atoms with E-state index in [0.29, 0.717) is 16.4 Å². The van der Waals surface area contributed by atoms with E-state index in [2.05, 4.69) is 10.4 Å². The van der Waals surface area contributed by atoms with Crippen LogP contribution in [-0.2, 0) is 4.79 Å². The quantitative estimate of drug-likeness (QED) is 0.691. The fourth-order valence-corrected chi connectivity index (χ4v) is 2.31. The molecule has 2 aromatic rings. The van der Waals surface area contributed by atoms with Crippen LogP contribution in [0.15, 0.2) is 24.3 Å². The predicted octanol–water partition coefficient (Wildman–Crippen LogP) is 3.26. The fourth-order valence-electron chi connectivity index (χ4n) is 2.19. The number of rotatable bonds is 4. The molecule has 0 fully saturated rings. The van der Waals surface area contributed by atoms with Crippen LogP contribution in [-0.4, -0.2) is 20.6 Å². The highest BCUT2D eigenvalue weighted by atomic mass is 35.5. The lowest BCUT2D eigenvalue weighted by Gasteiger charge is -2.14. The van der Waals surface area contributed by atoms with Gasteiger partial charge in [0.15, 0.2) is 0 Å². The zero-order valence-electron chi connectivity index (χ0n) is 12.3. The molecule has 2 rings (SSSR count). The van der Waals surface area contributed by atoms with Crippen LogP contribution in [0.5, 0.6) is 0 Å². The molecule has 1 aromatic carbocycles. The molecule has 0 saturated heterocycles. The Morgan fingerprint density at radius 2 is 1.95 bits per heavy atom. The largest absolute Gasteiger partial charge is 0.324 e. The Kier molecular flexibility index (Phi) is 4.46. The number of aromatic nitrogens is 2. The second kappa shape index (κ2) is 6.15. The Labute approximate surface area is 132 Å². The second-order valence-corrected chi connectivity index (χ2v) is 5.33. The summed E-state index contributed by atoms with van der Waals surface area (Å²) in [6, 6.07) is 6.00. The van der Waals surface area contributed by atoms with Gasteiger partial charge in [0.05, 0.1) is 4.92 Å². The summed E-state index contributed by atoms with van der Waals surface area (Å²) in [6.07, 6.45) is 0. The van der Waals surface area contributed by atoms with Gasteiger partial charge >= 0.3 is 5.69 Å². The monoisotopic (exact) mass is 322 g/mol. The van der Waals surface area contributed by atoms with Crippen molar-refractivity contribution in [2.24, 2.45) is 0 Å². The van der Waals surface area contributed by atoms with E-state index in [-0.39, 0.29) is 17.3 Å². The number of halogens is 1. The normalized spacial score (nSPS) is 12.0. The summed E-state index contributed by atoms with van der Waals surface area (Å²) < 4.78 is 1.36. The third-order valence-electron chi connectivity index (χ3n) is 3.33. The van der Waals surface area contributed by atoms with Crippen molar-refractivity contribution < 1.29 is 9.72 Å². The van der Waals surface area contributed by atoms with Gasteiger partial charge in [-0.2, -0.15) is 5.10 Å². The fraction of sp³-hybridized carbons (Fsp3) is 0.286. The lowest BCUT2D eigenvalue weighted by atomic mass is 10.2. The molecule has 0 aliphatic rings. The van der Waals surface area contributed by atoms with Gasteiger partial charge in [-0.1, -0.05) is 11.6 Å². The van der Waals surface area contributed by atoms with Crippen LogP contribution in [0.4, 0.5) is 11.4 Å². The van der Waals surface area contributed by atoms with Crippen molar-refractivity contribution in [1.29, 1.82) is 0 Å². The van der Waals surface area contributed by atoms with E-state index in [4.69, 9.17) is 11.6 Å². The first-order chi connectivity index (χ1) is 10.3. The molecule has 0 spiro atoms. The first kappa shape index (κ1) is 16.0. The molecule has 0 bridgehead atoms. The van der Waals surface area contributed by atoms with Gasteiger partial charge < -0.3 is 5.32 Å². The van der Waals surface area contributed by atoms with E-state index in [1.165, 1.54) is 4.68 Å². The van der Waals surface area contributed by atoms with Crippen molar-refractivity contribution in [2.45, 2.75) is 26.8 Å². The van der Waals surface area contributed by atoms with Crippen molar-refractivity contribution in [1.82, 2.24) is 9.78 Å². The number of carbonyl (C=O) groups excluding carboxylic acids is 1. The first-order valence-corrected chi connectivity index (χ1v) is 6.95. The summed E-state index contributed by atoms with van der Waals surface area (Å²) in [7, 11) is 0. The highest BCUT2D eigenvalue weighted by molar-refractivity contribution is 6.30. The smallest absolute Gasteiger partial charge is 0.312 e. The molecular formula is C14H15ClN4O3. The van der Waals surface area contributed by atoms with E-state index in [0.717, 1.165) is 0 Å². The minimum Gasteiger partial charge on any atom is -0.324 e. The lowest BCUT2D eigenvalue weighted by Crippen LogP contribution is -2.25. The topological polar surface area (TPSA) is 90.1 Å². The molecule has 7 nitrogen and oxygen atoms in total. The molecule has 1 atom stereocenters. The number of benzene rings is 1. The van der Waals surface area contributed by atoms with Crippen LogP contribution in [0.25, 0.3) is 0 Å². The number of aryl methyl sites for hydroxylation is 1. The maximum absolute atomic E-state index is 12.3. The Bertz CT molecular complexity index is 724. The van der Waals surface area contributed by atoms with Gasteiger partial charge in [-0.3, -0.25) is 19.6 Å². The molecule has 22 heavy (non-hydrogen) atoms. The van der Waals surface area contributed by atoms with E-state index in [9.17, 15) is 14.9 Å². The summed E-state index contributed by atoms with van der Waals surface area (Å²) in [5, 5.41) is 18.4. The Hall–Kier alpha value is -2.41. The standard InChI is InChI=1S/C14H15ClN4O3/c1-8-13(19(21)22)9(2)18(17-8)10(3)14(20)16-12-6-4-11(15)5-7-12/h4-7,10H,1-3H3,(H,16,20)/t10-/m1/s1. The Morgan fingerprint density at radius 3 is 2.45 bits per heavy atom. The summed E-state index contributed by atoms with van der Waals surface area (Å²) in [5.41, 5.74) is 1.17. The maximum Gasteiger partial charge on any atom is 0.312 e. The average molecular weight is 323 g/mol. The number of carbonyl (C=O) groups is 1. The first-order valence-electron chi connectivity index (χ1n) is 6.57. The Balaban J connectivity index is 2.22. The van der Waals surface area contributed by atoms with E-state index < -0.39 is 11.0 Å². The number of hydrogen-bond acceptors (Lipinski definition) is 4. The summed E-state index contributed by atoms with van der Waals surface area (Å²) in [6.45, 7) is 4.75. The molecule has 1 amide bonds. The van der Waals surface area contributed by atoms with Crippen LogP contribution in [0.3, 0.4) is 0 Å². The van der Waals surface area contributed by atoms with Crippen molar-refractivity contribution >= 4 is 28.9 Å². The van der Waals surface area contributed by atoms with E-state index in [1.807, 2.05) is 0 Å². The van der Waals surface area contributed by atoms with Gasteiger partial charge in [-0.15, -0.1) is 0 Å². The Morgan fingerprint density at radius 1 is 1.36 bits per heavy atom. The molecule has 0 saturated carbocycles.